The molecule has 2 aliphatic rings. The molecule has 0 spiro atoms. The second kappa shape index (κ2) is 6.62. The maximum atomic E-state index is 13.0. The number of amides is 1. The van der Waals surface area contributed by atoms with Crippen LogP contribution in [0.5, 0.6) is 0 Å². The van der Waals surface area contributed by atoms with Crippen LogP contribution in [0.3, 0.4) is 0 Å². The second-order valence-corrected chi connectivity index (χ2v) is 7.76. The molecule has 0 radical (unpaired) electrons. The van der Waals surface area contributed by atoms with E-state index in [-0.39, 0.29) is 17.5 Å². The Labute approximate surface area is 139 Å². The summed E-state index contributed by atoms with van der Waals surface area (Å²) >= 11 is 0. The molecule has 2 unspecified atom stereocenters. The lowest BCUT2D eigenvalue weighted by atomic mass is 9.79. The van der Waals surface area contributed by atoms with E-state index in [0.717, 1.165) is 45.4 Å². The van der Waals surface area contributed by atoms with Crippen molar-refractivity contribution in [2.45, 2.75) is 51.7 Å². The molecule has 23 heavy (non-hydrogen) atoms. The van der Waals surface area contributed by atoms with Gasteiger partial charge in [-0.2, -0.15) is 0 Å². The lowest BCUT2D eigenvalue weighted by molar-refractivity contribution is -0.139. The average Bonchev–Trinajstić information content (AvgIpc) is 2.98. The van der Waals surface area contributed by atoms with Gasteiger partial charge in [-0.15, -0.1) is 0 Å². The number of nitrogens with two attached hydrogens (primary N) is 1. The second-order valence-electron chi connectivity index (χ2n) is 7.76. The molecule has 2 heterocycles. The SMILES string of the molecule is CC1(C)CN(C(=O)C2CCCN2Cc2ccccc2)CCC1N. The summed E-state index contributed by atoms with van der Waals surface area (Å²) in [6.45, 7) is 7.82. The van der Waals surface area contributed by atoms with E-state index >= 15 is 0 Å². The zero-order valence-electron chi connectivity index (χ0n) is 14.4. The Bertz CT molecular complexity index is 543. The van der Waals surface area contributed by atoms with Gasteiger partial charge in [-0.25, -0.2) is 0 Å². The lowest BCUT2D eigenvalue weighted by Crippen LogP contribution is -2.57. The summed E-state index contributed by atoms with van der Waals surface area (Å²) in [6.07, 6.45) is 3.00. The molecule has 0 bridgehead atoms. The van der Waals surface area contributed by atoms with Crippen molar-refractivity contribution in [1.29, 1.82) is 0 Å². The Morgan fingerprint density at radius 2 is 1.96 bits per heavy atom. The van der Waals surface area contributed by atoms with Gasteiger partial charge in [-0.05, 0) is 36.8 Å². The topological polar surface area (TPSA) is 49.6 Å². The van der Waals surface area contributed by atoms with Crippen LogP contribution in [-0.4, -0.2) is 47.4 Å². The van der Waals surface area contributed by atoms with E-state index in [2.05, 4.69) is 47.9 Å². The van der Waals surface area contributed by atoms with Crippen molar-refractivity contribution in [3.05, 3.63) is 35.9 Å². The summed E-state index contributed by atoms with van der Waals surface area (Å²) < 4.78 is 0. The quantitative estimate of drug-likeness (QED) is 0.930. The monoisotopic (exact) mass is 315 g/mol. The minimum absolute atomic E-state index is 0.0107. The fourth-order valence-electron chi connectivity index (χ4n) is 3.89. The molecule has 4 nitrogen and oxygen atoms in total. The zero-order valence-corrected chi connectivity index (χ0v) is 14.4. The molecule has 2 N–H and O–H groups in total. The van der Waals surface area contributed by atoms with Gasteiger partial charge in [0.25, 0.3) is 0 Å². The van der Waals surface area contributed by atoms with Gasteiger partial charge < -0.3 is 10.6 Å². The molecule has 2 aliphatic heterocycles. The van der Waals surface area contributed by atoms with Gasteiger partial charge in [0.05, 0.1) is 6.04 Å². The van der Waals surface area contributed by atoms with E-state index in [1.165, 1.54) is 5.56 Å². The molecule has 4 heteroatoms. The van der Waals surface area contributed by atoms with E-state index in [1.54, 1.807) is 0 Å². The van der Waals surface area contributed by atoms with Crippen molar-refractivity contribution in [1.82, 2.24) is 9.80 Å². The molecule has 0 aliphatic carbocycles. The van der Waals surface area contributed by atoms with Crippen LogP contribution in [0.1, 0.15) is 38.7 Å². The van der Waals surface area contributed by atoms with Gasteiger partial charge in [0.1, 0.15) is 0 Å². The summed E-state index contributed by atoms with van der Waals surface area (Å²) in [7, 11) is 0. The van der Waals surface area contributed by atoms with E-state index < -0.39 is 0 Å². The molecule has 3 rings (SSSR count). The third-order valence-electron chi connectivity index (χ3n) is 5.50. The molecule has 0 saturated carbocycles. The Morgan fingerprint density at radius 1 is 1.22 bits per heavy atom. The van der Waals surface area contributed by atoms with Crippen molar-refractivity contribution in [3.8, 4) is 0 Å². The minimum Gasteiger partial charge on any atom is -0.341 e. The molecule has 2 fully saturated rings. The van der Waals surface area contributed by atoms with Gasteiger partial charge in [-0.1, -0.05) is 44.2 Å². The van der Waals surface area contributed by atoms with Crippen LogP contribution in [0.4, 0.5) is 0 Å². The Morgan fingerprint density at radius 3 is 2.65 bits per heavy atom. The summed E-state index contributed by atoms with van der Waals surface area (Å²) in [4.78, 5) is 17.4. The van der Waals surface area contributed by atoms with Gasteiger partial charge >= 0.3 is 0 Å². The number of carbonyl (C=O) groups excluding carboxylic acids is 1. The Kier molecular flexibility index (Phi) is 4.74. The van der Waals surface area contributed by atoms with Gasteiger partial charge in [0, 0.05) is 25.7 Å². The highest BCUT2D eigenvalue weighted by Crippen LogP contribution is 2.30. The third kappa shape index (κ3) is 3.59. The highest BCUT2D eigenvalue weighted by Gasteiger charge is 2.39. The molecule has 1 aromatic carbocycles. The summed E-state index contributed by atoms with van der Waals surface area (Å²) in [6, 6.07) is 10.7. The van der Waals surface area contributed by atoms with Gasteiger partial charge in [0.2, 0.25) is 5.91 Å². The van der Waals surface area contributed by atoms with Crippen molar-refractivity contribution >= 4 is 5.91 Å². The standard InChI is InChI=1S/C19H29N3O/c1-19(2)14-22(12-10-17(19)20)18(23)16-9-6-11-21(16)13-15-7-4-3-5-8-15/h3-5,7-8,16-17H,6,9-14,20H2,1-2H3. The predicted octanol–water partition coefficient (Wildman–Crippen LogP) is 2.24. The number of carbonyl (C=O) groups is 1. The van der Waals surface area contributed by atoms with E-state index in [1.807, 2.05) is 6.07 Å². The molecule has 1 aromatic rings. The first-order valence-electron chi connectivity index (χ1n) is 8.80. The van der Waals surface area contributed by atoms with Gasteiger partial charge in [0.15, 0.2) is 0 Å². The minimum atomic E-state index is 0.0107. The van der Waals surface area contributed by atoms with E-state index in [9.17, 15) is 4.79 Å². The zero-order chi connectivity index (χ0) is 16.4. The molecule has 0 aromatic heterocycles. The van der Waals surface area contributed by atoms with Crippen molar-refractivity contribution < 1.29 is 4.79 Å². The average molecular weight is 315 g/mol. The molecular formula is C19H29N3O. The highest BCUT2D eigenvalue weighted by molar-refractivity contribution is 5.82. The fraction of sp³-hybridized carbons (Fsp3) is 0.632. The Hall–Kier alpha value is -1.39. The summed E-state index contributed by atoms with van der Waals surface area (Å²) in [5, 5.41) is 0. The first kappa shape index (κ1) is 16.5. The highest BCUT2D eigenvalue weighted by atomic mass is 16.2. The molecular weight excluding hydrogens is 286 g/mol. The molecule has 2 atom stereocenters. The number of likely N-dealkylation sites (tertiary alicyclic amines) is 2. The van der Waals surface area contributed by atoms with Crippen molar-refractivity contribution in [3.63, 3.8) is 0 Å². The van der Waals surface area contributed by atoms with Crippen LogP contribution >= 0.6 is 0 Å². The molecule has 126 valence electrons. The van der Waals surface area contributed by atoms with Crippen LogP contribution in [-0.2, 0) is 11.3 Å². The number of benzene rings is 1. The van der Waals surface area contributed by atoms with Crippen molar-refractivity contribution in [2.24, 2.45) is 11.1 Å². The van der Waals surface area contributed by atoms with Crippen LogP contribution in [0.15, 0.2) is 30.3 Å². The molecule has 1 amide bonds. The number of nitrogens with zero attached hydrogens (tertiary/aromatic N) is 2. The van der Waals surface area contributed by atoms with Crippen LogP contribution < -0.4 is 5.73 Å². The van der Waals surface area contributed by atoms with Crippen LogP contribution in [0.2, 0.25) is 0 Å². The largest absolute Gasteiger partial charge is 0.341 e. The first-order valence-corrected chi connectivity index (χ1v) is 8.80. The van der Waals surface area contributed by atoms with E-state index in [0.29, 0.717) is 5.91 Å². The van der Waals surface area contributed by atoms with Crippen LogP contribution in [0, 0.1) is 5.41 Å². The van der Waals surface area contributed by atoms with Crippen molar-refractivity contribution in [2.75, 3.05) is 19.6 Å². The van der Waals surface area contributed by atoms with Gasteiger partial charge in [-0.3, -0.25) is 9.69 Å². The number of hydrogen-bond donors (Lipinski definition) is 1. The predicted molar refractivity (Wildman–Crippen MR) is 92.8 cm³/mol. The van der Waals surface area contributed by atoms with Crippen LogP contribution in [0.25, 0.3) is 0 Å². The normalized spacial score (nSPS) is 28.0. The maximum Gasteiger partial charge on any atom is 0.239 e. The van der Waals surface area contributed by atoms with E-state index in [4.69, 9.17) is 5.73 Å². The lowest BCUT2D eigenvalue weighted by Gasteiger charge is -2.44. The molecule has 2 saturated heterocycles. The maximum absolute atomic E-state index is 13.0. The first-order chi connectivity index (χ1) is 11.0. The Balaban J connectivity index is 1.66. The smallest absolute Gasteiger partial charge is 0.239 e. The summed E-state index contributed by atoms with van der Waals surface area (Å²) in [5.74, 6) is 0.304. The summed E-state index contributed by atoms with van der Waals surface area (Å²) in [5.41, 5.74) is 7.51. The third-order valence-corrected chi connectivity index (χ3v) is 5.50. The fourth-order valence-corrected chi connectivity index (χ4v) is 3.89. The number of piperidine rings is 1. The number of hydrogen-bond acceptors (Lipinski definition) is 3. The number of rotatable bonds is 3.